The number of nitrogens with one attached hydrogen (secondary N) is 1. The lowest BCUT2D eigenvalue weighted by Gasteiger charge is -2.26. The molecule has 1 fully saturated rings. The average Bonchev–Trinajstić information content (AvgIpc) is 3.09. The second-order valence-corrected chi connectivity index (χ2v) is 8.25. The Labute approximate surface area is 148 Å². The molecule has 1 saturated carbocycles. The minimum atomic E-state index is -4.59. The van der Waals surface area contributed by atoms with Crippen molar-refractivity contribution in [3.63, 3.8) is 0 Å². The van der Waals surface area contributed by atoms with Crippen molar-refractivity contribution >= 4 is 21.7 Å². The van der Waals surface area contributed by atoms with Gasteiger partial charge in [-0.05, 0) is 25.0 Å². The van der Waals surface area contributed by atoms with Crippen molar-refractivity contribution in [1.82, 2.24) is 5.32 Å². The Morgan fingerprint density at radius 3 is 2.23 bits per heavy atom. The van der Waals surface area contributed by atoms with Gasteiger partial charge in [0.1, 0.15) is 6.54 Å². The van der Waals surface area contributed by atoms with E-state index in [0.717, 1.165) is 0 Å². The van der Waals surface area contributed by atoms with Crippen LogP contribution in [0.2, 0.25) is 0 Å². The van der Waals surface area contributed by atoms with Crippen LogP contribution in [0.4, 0.5) is 13.2 Å². The fourth-order valence-electron chi connectivity index (χ4n) is 2.87. The van der Waals surface area contributed by atoms with Gasteiger partial charge in [0, 0.05) is 0 Å². The first kappa shape index (κ1) is 20.2. The molecule has 0 spiro atoms. The van der Waals surface area contributed by atoms with E-state index in [1.165, 1.54) is 24.3 Å². The first-order valence-electron chi connectivity index (χ1n) is 7.89. The highest BCUT2D eigenvalue weighted by Crippen LogP contribution is 2.41. The van der Waals surface area contributed by atoms with Crippen molar-refractivity contribution in [2.75, 3.05) is 13.2 Å². The SMILES string of the molecule is O=C(COC(=O)C1(S(=O)(=O)c2ccccc2)CCCC1)NCC(F)(F)F. The first-order chi connectivity index (χ1) is 12.1. The van der Waals surface area contributed by atoms with Crippen LogP contribution in [-0.4, -0.2) is 44.4 Å². The molecule has 1 aliphatic rings. The Morgan fingerprint density at radius 1 is 1.12 bits per heavy atom. The summed E-state index contributed by atoms with van der Waals surface area (Å²) in [4.78, 5) is 23.8. The molecule has 0 aliphatic heterocycles. The Morgan fingerprint density at radius 2 is 1.69 bits per heavy atom. The molecule has 0 saturated heterocycles. The number of hydrogen-bond acceptors (Lipinski definition) is 5. The lowest BCUT2D eigenvalue weighted by molar-refractivity contribution is -0.153. The minimum Gasteiger partial charge on any atom is -0.454 e. The van der Waals surface area contributed by atoms with Gasteiger partial charge in [-0.1, -0.05) is 31.0 Å². The van der Waals surface area contributed by atoms with Crippen LogP contribution in [0, 0.1) is 0 Å². The summed E-state index contributed by atoms with van der Waals surface area (Å²) in [6, 6.07) is 7.39. The summed E-state index contributed by atoms with van der Waals surface area (Å²) in [5.74, 6) is -2.26. The van der Waals surface area contributed by atoms with Crippen LogP contribution < -0.4 is 5.32 Å². The molecule has 26 heavy (non-hydrogen) atoms. The van der Waals surface area contributed by atoms with Crippen LogP contribution in [-0.2, 0) is 24.2 Å². The number of esters is 1. The van der Waals surface area contributed by atoms with Crippen LogP contribution in [0.25, 0.3) is 0 Å². The summed E-state index contributed by atoms with van der Waals surface area (Å²) in [5, 5.41) is 1.56. The zero-order valence-corrected chi connectivity index (χ0v) is 14.5. The van der Waals surface area contributed by atoms with Crippen LogP contribution in [0.5, 0.6) is 0 Å². The summed E-state index contributed by atoms with van der Waals surface area (Å²) in [6.45, 7) is -2.53. The number of amides is 1. The van der Waals surface area contributed by atoms with E-state index in [2.05, 4.69) is 0 Å². The van der Waals surface area contributed by atoms with Crippen LogP contribution in [0.15, 0.2) is 35.2 Å². The molecule has 1 amide bonds. The number of carbonyl (C=O) groups is 2. The van der Waals surface area contributed by atoms with Crippen molar-refractivity contribution in [2.24, 2.45) is 0 Å². The Bertz CT molecular complexity index is 756. The van der Waals surface area contributed by atoms with E-state index in [1.807, 2.05) is 0 Å². The highest BCUT2D eigenvalue weighted by molar-refractivity contribution is 7.93. The minimum absolute atomic E-state index is 0.0350. The third-order valence-electron chi connectivity index (χ3n) is 4.17. The van der Waals surface area contributed by atoms with Gasteiger partial charge in [-0.3, -0.25) is 9.59 Å². The number of alkyl halides is 3. The standard InChI is InChI=1S/C16H18F3NO5S/c17-16(18,19)11-20-13(21)10-25-14(22)15(8-4-5-9-15)26(23,24)12-6-2-1-3-7-12/h1-3,6-7H,4-5,8-11H2,(H,20,21). The molecule has 0 bridgehead atoms. The zero-order chi connectivity index (χ0) is 19.4. The number of rotatable bonds is 6. The molecule has 6 nitrogen and oxygen atoms in total. The van der Waals surface area contributed by atoms with Crippen molar-refractivity contribution in [3.8, 4) is 0 Å². The summed E-state index contributed by atoms with van der Waals surface area (Å²) >= 11 is 0. The van der Waals surface area contributed by atoms with Gasteiger partial charge < -0.3 is 10.1 Å². The van der Waals surface area contributed by atoms with Crippen molar-refractivity contribution in [3.05, 3.63) is 30.3 Å². The summed E-state index contributed by atoms with van der Waals surface area (Å²) in [5.41, 5.74) is 0. The van der Waals surface area contributed by atoms with Gasteiger partial charge in [-0.25, -0.2) is 8.42 Å². The predicted molar refractivity (Wildman–Crippen MR) is 84.9 cm³/mol. The van der Waals surface area contributed by atoms with Crippen LogP contribution >= 0.6 is 0 Å². The molecule has 144 valence electrons. The molecule has 0 radical (unpaired) electrons. The normalized spacial score (nSPS) is 16.9. The monoisotopic (exact) mass is 393 g/mol. The summed E-state index contributed by atoms with van der Waals surface area (Å²) in [7, 11) is -4.07. The number of ether oxygens (including phenoxy) is 1. The highest BCUT2D eigenvalue weighted by atomic mass is 32.2. The van der Waals surface area contributed by atoms with E-state index in [1.54, 1.807) is 11.4 Å². The molecule has 1 N–H and O–H groups in total. The lowest BCUT2D eigenvalue weighted by Crippen LogP contribution is -2.46. The molecule has 1 aromatic carbocycles. The topological polar surface area (TPSA) is 89.5 Å². The number of hydrogen-bond donors (Lipinski definition) is 1. The quantitative estimate of drug-likeness (QED) is 0.747. The lowest BCUT2D eigenvalue weighted by atomic mass is 10.1. The van der Waals surface area contributed by atoms with Crippen LogP contribution in [0.3, 0.4) is 0 Å². The van der Waals surface area contributed by atoms with E-state index in [-0.39, 0.29) is 17.7 Å². The van der Waals surface area contributed by atoms with Gasteiger partial charge >= 0.3 is 12.1 Å². The van der Waals surface area contributed by atoms with E-state index in [9.17, 15) is 31.2 Å². The van der Waals surface area contributed by atoms with Gasteiger partial charge in [0.2, 0.25) is 0 Å². The fraction of sp³-hybridized carbons (Fsp3) is 0.500. The molecule has 10 heteroatoms. The van der Waals surface area contributed by atoms with Gasteiger partial charge in [0.15, 0.2) is 21.2 Å². The number of halogens is 3. The third kappa shape index (κ3) is 4.35. The maximum atomic E-state index is 12.9. The molecule has 0 unspecified atom stereocenters. The van der Waals surface area contributed by atoms with Crippen molar-refractivity contribution in [1.29, 1.82) is 0 Å². The molecular formula is C16H18F3NO5S. The molecule has 1 aliphatic carbocycles. The maximum absolute atomic E-state index is 12.9. The second-order valence-electron chi connectivity index (χ2n) is 5.99. The summed E-state index contributed by atoms with van der Waals surface area (Å²) in [6.07, 6.45) is -3.55. The number of benzene rings is 1. The molecule has 1 aromatic rings. The smallest absolute Gasteiger partial charge is 0.405 e. The van der Waals surface area contributed by atoms with Gasteiger partial charge in [0.05, 0.1) is 4.90 Å². The maximum Gasteiger partial charge on any atom is 0.405 e. The third-order valence-corrected chi connectivity index (χ3v) is 6.67. The zero-order valence-electron chi connectivity index (χ0n) is 13.7. The second kappa shape index (κ2) is 7.65. The van der Waals surface area contributed by atoms with Crippen molar-refractivity contribution in [2.45, 2.75) is 41.5 Å². The molecule has 0 aromatic heterocycles. The largest absolute Gasteiger partial charge is 0.454 e. The number of sulfone groups is 1. The fourth-order valence-corrected chi connectivity index (χ4v) is 4.94. The Kier molecular flexibility index (Phi) is 5.94. The van der Waals surface area contributed by atoms with E-state index >= 15 is 0 Å². The average molecular weight is 393 g/mol. The van der Waals surface area contributed by atoms with Gasteiger partial charge in [-0.15, -0.1) is 0 Å². The van der Waals surface area contributed by atoms with Gasteiger partial charge in [-0.2, -0.15) is 13.2 Å². The Balaban J connectivity index is 2.12. The first-order valence-corrected chi connectivity index (χ1v) is 9.37. The highest BCUT2D eigenvalue weighted by Gasteiger charge is 2.54. The molecular weight excluding hydrogens is 375 g/mol. The Hall–Kier alpha value is -2.10. The summed E-state index contributed by atoms with van der Waals surface area (Å²) < 4.78 is 65.0. The van der Waals surface area contributed by atoms with Crippen molar-refractivity contribution < 1.29 is 35.9 Å². The van der Waals surface area contributed by atoms with E-state index in [0.29, 0.717) is 12.8 Å². The van der Waals surface area contributed by atoms with Gasteiger partial charge in [0.25, 0.3) is 5.91 Å². The van der Waals surface area contributed by atoms with E-state index in [4.69, 9.17) is 4.74 Å². The molecule has 0 heterocycles. The molecule has 2 rings (SSSR count). The predicted octanol–water partition coefficient (Wildman–Crippen LogP) is 1.99. The van der Waals surface area contributed by atoms with Crippen LogP contribution in [0.1, 0.15) is 25.7 Å². The number of carbonyl (C=O) groups excluding carboxylic acids is 2. The molecule has 0 atom stereocenters. The van der Waals surface area contributed by atoms with E-state index < -0.39 is 45.8 Å².